The molecule has 178 valence electrons. The molecule has 2 aliphatic rings. The normalized spacial score (nSPS) is 19.6. The third kappa shape index (κ3) is 6.48. The van der Waals surface area contributed by atoms with E-state index in [4.69, 9.17) is 0 Å². The molecule has 1 aliphatic heterocycles. The van der Waals surface area contributed by atoms with Crippen LogP contribution in [0.4, 0.5) is 0 Å². The highest BCUT2D eigenvalue weighted by atomic mass is 32.2. The SMILES string of the molecule is CSCCC(NC(=O)C1CCN(S(=O)(=O)c2ccc(C)cc2)CC1)C(=O)NC1CCCC1. The summed E-state index contributed by atoms with van der Waals surface area (Å²) >= 11 is 1.65. The predicted octanol–water partition coefficient (Wildman–Crippen LogP) is 2.69. The second-order valence-electron chi connectivity index (χ2n) is 8.82. The Morgan fingerprint density at radius 3 is 2.31 bits per heavy atom. The van der Waals surface area contributed by atoms with Crippen LogP contribution >= 0.6 is 11.8 Å². The van der Waals surface area contributed by atoms with Gasteiger partial charge in [0.15, 0.2) is 0 Å². The summed E-state index contributed by atoms with van der Waals surface area (Å²) in [5.74, 6) is 0.260. The minimum absolute atomic E-state index is 0.0984. The van der Waals surface area contributed by atoms with Gasteiger partial charge in [0.1, 0.15) is 6.04 Å². The first-order valence-corrected chi connectivity index (χ1v) is 14.3. The van der Waals surface area contributed by atoms with Gasteiger partial charge < -0.3 is 10.6 Å². The lowest BCUT2D eigenvalue weighted by Crippen LogP contribution is -2.52. The highest BCUT2D eigenvalue weighted by Crippen LogP contribution is 2.24. The molecule has 2 fully saturated rings. The summed E-state index contributed by atoms with van der Waals surface area (Å²) in [4.78, 5) is 26.0. The first-order valence-electron chi connectivity index (χ1n) is 11.5. The Bertz CT molecular complexity index is 875. The van der Waals surface area contributed by atoms with Crippen LogP contribution in [0.15, 0.2) is 29.2 Å². The zero-order valence-electron chi connectivity index (χ0n) is 19.0. The standard InChI is InChI=1S/C23H35N3O4S2/c1-17-7-9-20(10-8-17)32(29,30)26-14-11-18(12-15-26)22(27)25-21(13-16-31-2)23(28)24-19-5-3-4-6-19/h7-10,18-19,21H,3-6,11-16H2,1-2H3,(H,24,28)(H,25,27). The smallest absolute Gasteiger partial charge is 0.243 e. The molecule has 0 radical (unpaired) electrons. The van der Waals surface area contributed by atoms with Crippen LogP contribution in [0.25, 0.3) is 0 Å². The molecule has 1 saturated carbocycles. The third-order valence-corrected chi connectivity index (χ3v) is 8.99. The zero-order valence-corrected chi connectivity index (χ0v) is 20.6. The number of amides is 2. The summed E-state index contributed by atoms with van der Waals surface area (Å²) in [6, 6.07) is 6.51. The second kappa shape index (κ2) is 11.5. The maximum atomic E-state index is 12.9. The molecule has 32 heavy (non-hydrogen) atoms. The van der Waals surface area contributed by atoms with Gasteiger partial charge in [0.25, 0.3) is 0 Å². The van der Waals surface area contributed by atoms with E-state index in [0.29, 0.717) is 32.4 Å². The van der Waals surface area contributed by atoms with Crippen LogP contribution in [0.2, 0.25) is 0 Å². The quantitative estimate of drug-likeness (QED) is 0.565. The van der Waals surface area contributed by atoms with Gasteiger partial charge in [0, 0.05) is 25.0 Å². The Morgan fingerprint density at radius 1 is 1.09 bits per heavy atom. The number of thioether (sulfide) groups is 1. The van der Waals surface area contributed by atoms with Gasteiger partial charge >= 0.3 is 0 Å². The van der Waals surface area contributed by atoms with Crippen LogP contribution in [0.3, 0.4) is 0 Å². The monoisotopic (exact) mass is 481 g/mol. The fraction of sp³-hybridized carbons (Fsp3) is 0.652. The van der Waals surface area contributed by atoms with Crippen LogP contribution < -0.4 is 10.6 Å². The number of nitrogens with one attached hydrogen (secondary N) is 2. The third-order valence-electron chi connectivity index (χ3n) is 6.43. The van der Waals surface area contributed by atoms with E-state index in [1.54, 1.807) is 36.0 Å². The van der Waals surface area contributed by atoms with Gasteiger partial charge in [-0.3, -0.25) is 9.59 Å². The molecule has 7 nitrogen and oxygen atoms in total. The van der Waals surface area contributed by atoms with Crippen molar-refractivity contribution in [2.45, 2.75) is 68.8 Å². The molecule has 3 rings (SSSR count). The molecule has 1 saturated heterocycles. The second-order valence-corrected chi connectivity index (χ2v) is 11.7. The minimum atomic E-state index is -3.56. The highest BCUT2D eigenvalue weighted by Gasteiger charge is 2.33. The summed E-state index contributed by atoms with van der Waals surface area (Å²) in [6.45, 7) is 2.52. The highest BCUT2D eigenvalue weighted by molar-refractivity contribution is 7.98. The average Bonchev–Trinajstić information content (AvgIpc) is 3.29. The maximum Gasteiger partial charge on any atom is 0.243 e. The Morgan fingerprint density at radius 2 is 1.72 bits per heavy atom. The number of carbonyl (C=O) groups is 2. The van der Waals surface area contributed by atoms with Crippen molar-refractivity contribution >= 4 is 33.6 Å². The molecule has 1 unspecified atom stereocenters. The molecular formula is C23H35N3O4S2. The van der Waals surface area contributed by atoms with Crippen LogP contribution in [0.5, 0.6) is 0 Å². The first kappa shape index (κ1) is 25.1. The molecule has 0 spiro atoms. The first-order chi connectivity index (χ1) is 15.3. The van der Waals surface area contributed by atoms with Crippen molar-refractivity contribution in [1.82, 2.24) is 14.9 Å². The number of piperidine rings is 1. The number of rotatable bonds is 9. The lowest BCUT2D eigenvalue weighted by Gasteiger charge is -2.31. The number of carbonyl (C=O) groups excluding carboxylic acids is 2. The Kier molecular flexibility index (Phi) is 9.02. The van der Waals surface area contributed by atoms with Crippen molar-refractivity contribution in [3.63, 3.8) is 0 Å². The van der Waals surface area contributed by atoms with Gasteiger partial charge in [0.2, 0.25) is 21.8 Å². The fourth-order valence-corrected chi connectivity index (χ4v) is 6.32. The Hall–Kier alpha value is -1.58. The van der Waals surface area contributed by atoms with E-state index in [0.717, 1.165) is 37.0 Å². The van der Waals surface area contributed by atoms with Crippen molar-refractivity contribution in [1.29, 1.82) is 0 Å². The number of aryl methyl sites for hydroxylation is 1. The van der Waals surface area contributed by atoms with E-state index in [-0.39, 0.29) is 28.7 Å². The molecule has 0 aromatic heterocycles. The molecule has 1 aliphatic carbocycles. The Balaban J connectivity index is 1.55. The maximum absolute atomic E-state index is 12.9. The molecule has 1 aromatic rings. The van der Waals surface area contributed by atoms with E-state index in [1.807, 2.05) is 13.2 Å². The summed E-state index contributed by atoms with van der Waals surface area (Å²) < 4.78 is 27.2. The van der Waals surface area contributed by atoms with Crippen LogP contribution in [-0.4, -0.2) is 61.7 Å². The number of benzene rings is 1. The predicted molar refractivity (Wildman–Crippen MR) is 128 cm³/mol. The number of hydrogen-bond donors (Lipinski definition) is 2. The topological polar surface area (TPSA) is 95.6 Å². The van der Waals surface area contributed by atoms with Gasteiger partial charge in [-0.2, -0.15) is 16.1 Å². The molecule has 9 heteroatoms. The molecule has 2 amide bonds. The van der Waals surface area contributed by atoms with Crippen molar-refractivity contribution < 1.29 is 18.0 Å². The molecule has 2 N–H and O–H groups in total. The van der Waals surface area contributed by atoms with Gasteiger partial charge in [0.05, 0.1) is 4.90 Å². The largest absolute Gasteiger partial charge is 0.352 e. The summed E-state index contributed by atoms with van der Waals surface area (Å²) in [7, 11) is -3.56. The lowest BCUT2D eigenvalue weighted by atomic mass is 9.96. The molecule has 1 aromatic carbocycles. The van der Waals surface area contributed by atoms with Crippen molar-refractivity contribution in [3.8, 4) is 0 Å². The van der Waals surface area contributed by atoms with E-state index in [1.165, 1.54) is 4.31 Å². The number of hydrogen-bond acceptors (Lipinski definition) is 5. The number of nitrogens with zero attached hydrogens (tertiary/aromatic N) is 1. The van der Waals surface area contributed by atoms with E-state index in [9.17, 15) is 18.0 Å². The van der Waals surface area contributed by atoms with Crippen LogP contribution in [0, 0.1) is 12.8 Å². The zero-order chi connectivity index (χ0) is 23.1. The number of sulfonamides is 1. The lowest BCUT2D eigenvalue weighted by molar-refractivity contribution is -0.132. The average molecular weight is 482 g/mol. The summed E-state index contributed by atoms with van der Waals surface area (Å²) in [6.07, 6.45) is 7.76. The van der Waals surface area contributed by atoms with E-state index >= 15 is 0 Å². The van der Waals surface area contributed by atoms with Gasteiger partial charge in [-0.1, -0.05) is 30.5 Å². The summed E-state index contributed by atoms with van der Waals surface area (Å²) in [5.41, 5.74) is 1.01. The van der Waals surface area contributed by atoms with E-state index in [2.05, 4.69) is 10.6 Å². The summed E-state index contributed by atoms with van der Waals surface area (Å²) in [5, 5.41) is 6.05. The van der Waals surface area contributed by atoms with Crippen LogP contribution in [0.1, 0.15) is 50.5 Å². The van der Waals surface area contributed by atoms with Crippen molar-refractivity contribution in [2.24, 2.45) is 5.92 Å². The van der Waals surface area contributed by atoms with Gasteiger partial charge in [-0.05, 0) is 63.2 Å². The van der Waals surface area contributed by atoms with Gasteiger partial charge in [-0.15, -0.1) is 0 Å². The van der Waals surface area contributed by atoms with Gasteiger partial charge in [-0.25, -0.2) is 8.42 Å². The minimum Gasteiger partial charge on any atom is -0.352 e. The molecule has 1 heterocycles. The Labute approximate surface area is 196 Å². The molecule has 1 atom stereocenters. The van der Waals surface area contributed by atoms with Crippen molar-refractivity contribution in [2.75, 3.05) is 25.1 Å². The van der Waals surface area contributed by atoms with E-state index < -0.39 is 16.1 Å². The van der Waals surface area contributed by atoms with Crippen molar-refractivity contribution in [3.05, 3.63) is 29.8 Å². The van der Waals surface area contributed by atoms with Crippen LogP contribution in [-0.2, 0) is 19.6 Å². The molecular weight excluding hydrogens is 446 g/mol. The molecule has 0 bridgehead atoms. The fourth-order valence-electron chi connectivity index (χ4n) is 4.38.